The van der Waals surface area contributed by atoms with Crippen molar-refractivity contribution in [2.45, 2.75) is 64.7 Å². The number of rotatable bonds is 9. The summed E-state index contributed by atoms with van der Waals surface area (Å²) in [5.74, 6) is 1.87. The summed E-state index contributed by atoms with van der Waals surface area (Å²) in [6.07, 6.45) is 4.65. The fourth-order valence-electron chi connectivity index (χ4n) is 5.23. The molecule has 8 nitrogen and oxygen atoms in total. The molecule has 5 rings (SSSR count). The number of benzene rings is 1. The van der Waals surface area contributed by atoms with Crippen LogP contribution in [0.3, 0.4) is 0 Å². The lowest BCUT2D eigenvalue weighted by Gasteiger charge is -2.33. The fraction of sp³-hybridized carbons (Fsp3) is 0.462. The van der Waals surface area contributed by atoms with Crippen LogP contribution in [0.5, 0.6) is 5.75 Å². The maximum absolute atomic E-state index is 13.2. The molecule has 3 aromatic heterocycles. The molecule has 1 saturated carbocycles. The number of fused-ring (bicyclic) bond motifs is 1. The minimum atomic E-state index is -0.0835. The lowest BCUT2D eigenvalue weighted by molar-refractivity contribution is 0.124. The number of ether oxygens (including phenoxy) is 1. The number of methoxy groups -OCH3 is 1. The van der Waals surface area contributed by atoms with Crippen molar-refractivity contribution in [3.63, 3.8) is 0 Å². The van der Waals surface area contributed by atoms with Crippen LogP contribution in [0.2, 0.25) is 0 Å². The van der Waals surface area contributed by atoms with Crippen molar-refractivity contribution in [2.24, 2.45) is 5.92 Å². The molecule has 0 radical (unpaired) electrons. The molecule has 3 heterocycles. The Bertz CT molecular complexity index is 1320. The highest BCUT2D eigenvalue weighted by Crippen LogP contribution is 2.35. The number of nitrogens with zero attached hydrogens (tertiary/aromatic N) is 5. The summed E-state index contributed by atoms with van der Waals surface area (Å²) in [5.41, 5.74) is 1.41. The van der Waals surface area contributed by atoms with E-state index in [-0.39, 0.29) is 17.5 Å². The van der Waals surface area contributed by atoms with Crippen molar-refractivity contribution < 1.29 is 4.74 Å². The van der Waals surface area contributed by atoms with Gasteiger partial charge in [0.15, 0.2) is 5.82 Å². The lowest BCUT2D eigenvalue weighted by Crippen LogP contribution is -2.35. The number of nitrogens with one attached hydrogen (secondary N) is 1. The van der Waals surface area contributed by atoms with Gasteiger partial charge in [0.25, 0.3) is 5.56 Å². The summed E-state index contributed by atoms with van der Waals surface area (Å²) < 4.78 is 7.37. The highest BCUT2D eigenvalue weighted by atomic mass is 32.1. The zero-order valence-corrected chi connectivity index (χ0v) is 21.3. The Labute approximate surface area is 208 Å². The number of aromatic amines is 1. The molecule has 4 aromatic rings. The van der Waals surface area contributed by atoms with E-state index in [0.717, 1.165) is 47.4 Å². The van der Waals surface area contributed by atoms with E-state index in [4.69, 9.17) is 4.74 Å². The maximum Gasteiger partial charge on any atom is 0.252 e. The Morgan fingerprint density at radius 3 is 2.74 bits per heavy atom. The molecule has 35 heavy (non-hydrogen) atoms. The van der Waals surface area contributed by atoms with Gasteiger partial charge in [-0.05, 0) is 64.2 Å². The molecule has 1 aromatic carbocycles. The van der Waals surface area contributed by atoms with Crippen LogP contribution in [0.15, 0.2) is 46.6 Å². The number of aromatic nitrogens is 5. The molecule has 0 saturated heterocycles. The van der Waals surface area contributed by atoms with E-state index in [1.165, 1.54) is 17.7 Å². The second-order valence-corrected chi connectivity index (χ2v) is 10.7. The van der Waals surface area contributed by atoms with Gasteiger partial charge in [0.1, 0.15) is 5.75 Å². The van der Waals surface area contributed by atoms with Gasteiger partial charge >= 0.3 is 0 Å². The van der Waals surface area contributed by atoms with Gasteiger partial charge in [-0.3, -0.25) is 9.69 Å². The fourth-order valence-corrected chi connectivity index (χ4v) is 5.96. The van der Waals surface area contributed by atoms with Crippen LogP contribution >= 0.6 is 11.3 Å². The topological polar surface area (TPSA) is 88.9 Å². The van der Waals surface area contributed by atoms with E-state index in [9.17, 15) is 4.79 Å². The maximum atomic E-state index is 13.2. The van der Waals surface area contributed by atoms with Gasteiger partial charge < -0.3 is 9.72 Å². The van der Waals surface area contributed by atoms with E-state index in [1.54, 1.807) is 18.4 Å². The number of hydrogen-bond acceptors (Lipinski definition) is 7. The van der Waals surface area contributed by atoms with E-state index in [0.29, 0.717) is 12.6 Å². The molecule has 0 bridgehead atoms. The molecular weight excluding hydrogens is 460 g/mol. The normalized spacial score (nSPS) is 15.5. The van der Waals surface area contributed by atoms with Crippen LogP contribution < -0.4 is 10.3 Å². The quantitative estimate of drug-likeness (QED) is 0.350. The van der Waals surface area contributed by atoms with Gasteiger partial charge in [0, 0.05) is 29.6 Å². The number of hydrogen-bond donors (Lipinski definition) is 1. The Morgan fingerprint density at radius 2 is 2.03 bits per heavy atom. The largest absolute Gasteiger partial charge is 0.497 e. The summed E-state index contributed by atoms with van der Waals surface area (Å²) in [6.45, 7) is 5.63. The van der Waals surface area contributed by atoms with Crippen LogP contribution in [-0.4, -0.2) is 37.2 Å². The van der Waals surface area contributed by atoms with Crippen molar-refractivity contribution in [3.8, 4) is 5.75 Å². The minimum absolute atomic E-state index is 0.0290. The van der Waals surface area contributed by atoms with Crippen LogP contribution in [0.4, 0.5) is 0 Å². The standard InChI is InChI=1S/C26H32N6O2S/c1-17(2)24(25-28-29-30-32(25)20-7-4-5-8-20)31(16-22-9-6-12-35-22)15-19-13-18-10-11-21(34-3)14-23(18)27-26(19)33/h6,9-14,17,20,24H,4-5,7-8,15-16H2,1-3H3,(H,27,33). The van der Waals surface area contributed by atoms with Gasteiger partial charge in [-0.25, -0.2) is 4.68 Å². The van der Waals surface area contributed by atoms with Gasteiger partial charge in [0.05, 0.1) is 24.7 Å². The third-order valence-electron chi connectivity index (χ3n) is 6.92. The van der Waals surface area contributed by atoms with Crippen molar-refractivity contribution >= 4 is 22.2 Å². The molecular formula is C26H32N6O2S. The second-order valence-electron chi connectivity index (χ2n) is 9.67. The zero-order valence-electron chi connectivity index (χ0n) is 20.5. The second kappa shape index (κ2) is 10.3. The van der Waals surface area contributed by atoms with Gasteiger partial charge in [-0.1, -0.05) is 32.8 Å². The Balaban J connectivity index is 1.54. The number of tetrazole rings is 1. The average Bonchev–Trinajstić information content (AvgIpc) is 3.62. The van der Waals surface area contributed by atoms with Crippen LogP contribution in [0.25, 0.3) is 10.9 Å². The first kappa shape index (κ1) is 23.7. The summed E-state index contributed by atoms with van der Waals surface area (Å²) in [7, 11) is 1.63. The lowest BCUT2D eigenvalue weighted by atomic mass is 9.99. The van der Waals surface area contributed by atoms with E-state index in [1.807, 2.05) is 24.3 Å². The molecule has 1 unspecified atom stereocenters. The van der Waals surface area contributed by atoms with Crippen LogP contribution in [0, 0.1) is 5.92 Å². The molecule has 1 N–H and O–H groups in total. The predicted octanol–water partition coefficient (Wildman–Crippen LogP) is 5.10. The third kappa shape index (κ3) is 5.01. The van der Waals surface area contributed by atoms with E-state index in [2.05, 4.69) is 61.5 Å². The Kier molecular flexibility index (Phi) is 6.97. The summed E-state index contributed by atoms with van der Waals surface area (Å²) in [5, 5.41) is 16.1. The van der Waals surface area contributed by atoms with E-state index >= 15 is 0 Å². The highest BCUT2D eigenvalue weighted by molar-refractivity contribution is 7.09. The highest BCUT2D eigenvalue weighted by Gasteiger charge is 2.32. The smallest absolute Gasteiger partial charge is 0.252 e. The molecule has 0 amide bonds. The Morgan fingerprint density at radius 1 is 1.20 bits per heavy atom. The van der Waals surface area contributed by atoms with Gasteiger partial charge in [-0.2, -0.15) is 0 Å². The van der Waals surface area contributed by atoms with E-state index < -0.39 is 0 Å². The number of pyridine rings is 1. The van der Waals surface area contributed by atoms with Crippen LogP contribution in [0.1, 0.15) is 67.9 Å². The molecule has 9 heteroatoms. The van der Waals surface area contributed by atoms with Crippen molar-refractivity contribution in [2.75, 3.05) is 7.11 Å². The first-order valence-corrected chi connectivity index (χ1v) is 13.2. The zero-order chi connectivity index (χ0) is 24.4. The summed E-state index contributed by atoms with van der Waals surface area (Å²) in [6, 6.07) is 12.3. The minimum Gasteiger partial charge on any atom is -0.497 e. The average molecular weight is 493 g/mol. The van der Waals surface area contributed by atoms with Crippen LogP contribution in [-0.2, 0) is 13.1 Å². The molecule has 1 aliphatic rings. The molecule has 0 spiro atoms. The van der Waals surface area contributed by atoms with Gasteiger partial charge in [-0.15, -0.1) is 16.4 Å². The van der Waals surface area contributed by atoms with Crippen molar-refractivity contribution in [3.05, 3.63) is 68.4 Å². The molecule has 184 valence electrons. The summed E-state index contributed by atoms with van der Waals surface area (Å²) >= 11 is 1.73. The number of thiophene rings is 1. The monoisotopic (exact) mass is 492 g/mol. The summed E-state index contributed by atoms with van der Waals surface area (Å²) in [4.78, 5) is 19.8. The first-order valence-electron chi connectivity index (χ1n) is 12.3. The number of H-pyrrole nitrogens is 1. The third-order valence-corrected chi connectivity index (χ3v) is 7.78. The molecule has 1 atom stereocenters. The SMILES string of the molecule is COc1ccc2cc(CN(Cc3cccs3)C(c3nnnn3C3CCCC3)C(C)C)c(=O)[nH]c2c1. The molecule has 1 fully saturated rings. The van der Waals surface area contributed by atoms with Gasteiger partial charge in [0.2, 0.25) is 0 Å². The first-order chi connectivity index (χ1) is 17.0. The van der Waals surface area contributed by atoms with Crippen molar-refractivity contribution in [1.82, 2.24) is 30.1 Å². The van der Waals surface area contributed by atoms with Crippen molar-refractivity contribution in [1.29, 1.82) is 0 Å². The molecule has 1 aliphatic carbocycles. The Hall–Kier alpha value is -3.04. The predicted molar refractivity (Wildman–Crippen MR) is 138 cm³/mol. The molecule has 0 aliphatic heterocycles.